The van der Waals surface area contributed by atoms with Gasteiger partial charge in [0.25, 0.3) is 0 Å². The topological polar surface area (TPSA) is 56.3 Å². The first-order chi connectivity index (χ1) is 10.3. The van der Waals surface area contributed by atoms with Crippen molar-refractivity contribution in [3.63, 3.8) is 0 Å². The molecule has 112 valence electrons. The van der Waals surface area contributed by atoms with Crippen molar-refractivity contribution in [3.05, 3.63) is 47.9 Å². The molecule has 0 aliphatic heterocycles. The van der Waals surface area contributed by atoms with Crippen LogP contribution >= 0.6 is 0 Å². The summed E-state index contributed by atoms with van der Waals surface area (Å²) in [5, 5.41) is 3.28. The SMILES string of the molecule is CCCOc1cncc(C(NC)c2cccnc2OC)c1. The van der Waals surface area contributed by atoms with Crippen molar-refractivity contribution in [3.8, 4) is 11.6 Å². The lowest BCUT2D eigenvalue weighted by Crippen LogP contribution is -2.19. The molecule has 2 rings (SSSR count). The van der Waals surface area contributed by atoms with Crippen LogP contribution in [-0.4, -0.2) is 30.7 Å². The van der Waals surface area contributed by atoms with Crippen LogP contribution in [0.3, 0.4) is 0 Å². The van der Waals surface area contributed by atoms with Crippen LogP contribution in [0.2, 0.25) is 0 Å². The molecule has 5 heteroatoms. The number of nitrogens with one attached hydrogen (secondary N) is 1. The molecule has 0 saturated carbocycles. The van der Waals surface area contributed by atoms with Crippen molar-refractivity contribution in [1.29, 1.82) is 0 Å². The number of hydrogen-bond donors (Lipinski definition) is 1. The highest BCUT2D eigenvalue weighted by Crippen LogP contribution is 2.29. The van der Waals surface area contributed by atoms with Crippen molar-refractivity contribution in [1.82, 2.24) is 15.3 Å². The number of rotatable bonds is 7. The molecule has 0 aromatic carbocycles. The third kappa shape index (κ3) is 3.70. The van der Waals surface area contributed by atoms with Crippen LogP contribution in [0.25, 0.3) is 0 Å². The molecule has 2 heterocycles. The number of pyridine rings is 2. The normalized spacial score (nSPS) is 12.0. The van der Waals surface area contributed by atoms with Gasteiger partial charge in [-0.3, -0.25) is 4.98 Å². The van der Waals surface area contributed by atoms with Crippen molar-refractivity contribution in [2.45, 2.75) is 19.4 Å². The molecular weight excluding hydrogens is 266 g/mol. The Morgan fingerprint density at radius 2 is 2.19 bits per heavy atom. The molecule has 2 aromatic heterocycles. The van der Waals surface area contributed by atoms with E-state index in [1.165, 1.54) is 0 Å². The van der Waals surface area contributed by atoms with E-state index in [4.69, 9.17) is 9.47 Å². The number of methoxy groups -OCH3 is 1. The van der Waals surface area contributed by atoms with Gasteiger partial charge in [-0.15, -0.1) is 0 Å². The summed E-state index contributed by atoms with van der Waals surface area (Å²) >= 11 is 0. The molecule has 0 amide bonds. The van der Waals surface area contributed by atoms with Gasteiger partial charge >= 0.3 is 0 Å². The molecular formula is C16H21N3O2. The quantitative estimate of drug-likeness (QED) is 0.848. The second-order valence-electron chi connectivity index (χ2n) is 4.63. The van der Waals surface area contributed by atoms with E-state index < -0.39 is 0 Å². The maximum atomic E-state index is 5.65. The molecule has 0 saturated heterocycles. The lowest BCUT2D eigenvalue weighted by Gasteiger charge is -2.19. The second-order valence-corrected chi connectivity index (χ2v) is 4.63. The first-order valence-electron chi connectivity index (χ1n) is 7.04. The van der Waals surface area contributed by atoms with E-state index in [9.17, 15) is 0 Å². The summed E-state index contributed by atoms with van der Waals surface area (Å²) in [6.45, 7) is 2.76. The molecule has 21 heavy (non-hydrogen) atoms. The maximum Gasteiger partial charge on any atom is 0.218 e. The average molecular weight is 287 g/mol. The average Bonchev–Trinajstić information content (AvgIpc) is 2.54. The fourth-order valence-corrected chi connectivity index (χ4v) is 2.19. The minimum atomic E-state index is -0.0497. The summed E-state index contributed by atoms with van der Waals surface area (Å²) in [5.74, 6) is 1.38. The fraction of sp³-hybridized carbons (Fsp3) is 0.375. The van der Waals surface area contributed by atoms with E-state index in [0.717, 1.165) is 23.3 Å². The van der Waals surface area contributed by atoms with Gasteiger partial charge in [-0.2, -0.15) is 0 Å². The van der Waals surface area contributed by atoms with Crippen molar-refractivity contribution in [2.75, 3.05) is 20.8 Å². The van der Waals surface area contributed by atoms with Gasteiger partial charge in [0.15, 0.2) is 0 Å². The summed E-state index contributed by atoms with van der Waals surface area (Å²) in [6, 6.07) is 5.84. The van der Waals surface area contributed by atoms with Crippen LogP contribution < -0.4 is 14.8 Å². The molecule has 1 atom stereocenters. The number of hydrogen-bond acceptors (Lipinski definition) is 5. The highest BCUT2D eigenvalue weighted by Gasteiger charge is 2.18. The number of ether oxygens (including phenoxy) is 2. The van der Waals surface area contributed by atoms with Gasteiger partial charge in [0, 0.05) is 18.0 Å². The second kappa shape index (κ2) is 7.59. The number of nitrogens with zero attached hydrogens (tertiary/aromatic N) is 2. The molecule has 0 spiro atoms. The standard InChI is InChI=1S/C16H21N3O2/c1-4-8-21-13-9-12(10-18-11-13)15(17-2)14-6-5-7-19-16(14)20-3/h5-7,9-11,15,17H,4,8H2,1-3H3. The van der Waals surface area contributed by atoms with Crippen LogP contribution in [0, 0.1) is 0 Å². The van der Waals surface area contributed by atoms with Gasteiger partial charge in [0.1, 0.15) is 5.75 Å². The van der Waals surface area contributed by atoms with Gasteiger partial charge < -0.3 is 14.8 Å². The largest absolute Gasteiger partial charge is 0.492 e. The molecule has 5 nitrogen and oxygen atoms in total. The lowest BCUT2D eigenvalue weighted by molar-refractivity contribution is 0.315. The third-order valence-electron chi connectivity index (χ3n) is 3.13. The Morgan fingerprint density at radius 1 is 1.33 bits per heavy atom. The zero-order valence-corrected chi connectivity index (χ0v) is 12.7. The van der Waals surface area contributed by atoms with E-state index in [2.05, 4.69) is 22.2 Å². The van der Waals surface area contributed by atoms with Gasteiger partial charge in [0.05, 0.1) is 26.0 Å². The first-order valence-corrected chi connectivity index (χ1v) is 7.04. The predicted molar refractivity (Wildman–Crippen MR) is 81.7 cm³/mol. The lowest BCUT2D eigenvalue weighted by atomic mass is 10.0. The smallest absolute Gasteiger partial charge is 0.218 e. The zero-order chi connectivity index (χ0) is 15.1. The first kappa shape index (κ1) is 15.3. The summed E-state index contributed by atoms with van der Waals surface area (Å²) in [7, 11) is 3.52. The predicted octanol–water partition coefficient (Wildman–Crippen LogP) is 2.58. The summed E-state index contributed by atoms with van der Waals surface area (Å²) in [4.78, 5) is 8.51. The van der Waals surface area contributed by atoms with Crippen LogP contribution in [0.1, 0.15) is 30.5 Å². The molecule has 1 unspecified atom stereocenters. The van der Waals surface area contributed by atoms with Gasteiger partial charge in [-0.05, 0) is 31.2 Å². The Balaban J connectivity index is 2.32. The highest BCUT2D eigenvalue weighted by atomic mass is 16.5. The van der Waals surface area contributed by atoms with Gasteiger partial charge in [-0.1, -0.05) is 13.0 Å². The van der Waals surface area contributed by atoms with Crippen LogP contribution in [0.15, 0.2) is 36.8 Å². The Kier molecular flexibility index (Phi) is 5.51. The number of aromatic nitrogens is 2. The van der Waals surface area contributed by atoms with Crippen LogP contribution in [0.5, 0.6) is 11.6 Å². The summed E-state index contributed by atoms with van der Waals surface area (Å²) < 4.78 is 11.0. The zero-order valence-electron chi connectivity index (χ0n) is 12.7. The Bertz CT molecular complexity index is 575. The fourth-order valence-electron chi connectivity index (χ4n) is 2.19. The van der Waals surface area contributed by atoms with Crippen LogP contribution in [-0.2, 0) is 0 Å². The molecule has 2 aromatic rings. The monoisotopic (exact) mass is 287 g/mol. The Labute approximate surface area is 125 Å². The minimum Gasteiger partial charge on any atom is -0.492 e. The molecule has 0 bridgehead atoms. The van der Waals surface area contributed by atoms with Gasteiger partial charge in [0.2, 0.25) is 5.88 Å². The van der Waals surface area contributed by atoms with E-state index in [-0.39, 0.29) is 6.04 Å². The van der Waals surface area contributed by atoms with E-state index in [1.54, 1.807) is 19.5 Å². The van der Waals surface area contributed by atoms with Crippen LogP contribution in [0.4, 0.5) is 0 Å². The highest BCUT2D eigenvalue weighted by molar-refractivity contribution is 5.38. The minimum absolute atomic E-state index is 0.0497. The van der Waals surface area contributed by atoms with E-state index in [1.807, 2.05) is 31.4 Å². The summed E-state index contributed by atoms with van der Waals surface area (Å²) in [5.41, 5.74) is 1.98. The van der Waals surface area contributed by atoms with Gasteiger partial charge in [-0.25, -0.2) is 4.98 Å². The van der Waals surface area contributed by atoms with Crippen molar-refractivity contribution >= 4 is 0 Å². The molecule has 1 N–H and O–H groups in total. The maximum absolute atomic E-state index is 5.65. The molecule has 0 radical (unpaired) electrons. The Morgan fingerprint density at radius 3 is 2.90 bits per heavy atom. The van der Waals surface area contributed by atoms with E-state index >= 15 is 0 Å². The third-order valence-corrected chi connectivity index (χ3v) is 3.13. The molecule has 0 aliphatic rings. The van der Waals surface area contributed by atoms with Crippen molar-refractivity contribution in [2.24, 2.45) is 0 Å². The summed E-state index contributed by atoms with van der Waals surface area (Å²) in [6.07, 6.45) is 6.24. The Hall–Kier alpha value is -2.14. The molecule has 0 fully saturated rings. The van der Waals surface area contributed by atoms with E-state index in [0.29, 0.717) is 12.5 Å². The van der Waals surface area contributed by atoms with Crippen molar-refractivity contribution < 1.29 is 9.47 Å². The molecule has 0 aliphatic carbocycles.